The topological polar surface area (TPSA) is 69.2 Å². The number of likely N-dealkylation sites (tertiary alicyclic amines) is 1. The van der Waals surface area contributed by atoms with Crippen LogP contribution in [0.4, 0.5) is 0 Å². The maximum atomic E-state index is 11.5. The third-order valence-corrected chi connectivity index (χ3v) is 4.09. The molecule has 0 atom stereocenters. The van der Waals surface area contributed by atoms with Gasteiger partial charge in [-0.05, 0) is 18.9 Å². The summed E-state index contributed by atoms with van der Waals surface area (Å²) in [5.41, 5.74) is 3.19. The zero-order valence-corrected chi connectivity index (χ0v) is 11.8. The number of H-pyrrole nitrogens is 1. The summed E-state index contributed by atoms with van der Waals surface area (Å²) in [5, 5.41) is 16.4. The van der Waals surface area contributed by atoms with E-state index in [0.29, 0.717) is 19.0 Å². The van der Waals surface area contributed by atoms with Crippen molar-refractivity contribution in [1.29, 1.82) is 0 Å². The van der Waals surface area contributed by atoms with E-state index in [4.69, 9.17) is 5.11 Å². The van der Waals surface area contributed by atoms with Crippen molar-refractivity contribution < 1.29 is 9.90 Å². The van der Waals surface area contributed by atoms with Crippen LogP contribution in [0.15, 0.2) is 36.4 Å². The van der Waals surface area contributed by atoms with Crippen LogP contribution in [0, 0.1) is 0 Å². The summed E-state index contributed by atoms with van der Waals surface area (Å²) < 4.78 is 0. The number of hydrogen-bond acceptors (Lipinski definition) is 3. The van der Waals surface area contributed by atoms with Gasteiger partial charge < -0.3 is 10.0 Å². The molecule has 1 fully saturated rings. The van der Waals surface area contributed by atoms with E-state index in [0.717, 1.165) is 29.8 Å². The highest BCUT2D eigenvalue weighted by molar-refractivity contribution is 5.77. The van der Waals surface area contributed by atoms with Gasteiger partial charge in [0.1, 0.15) is 6.61 Å². The van der Waals surface area contributed by atoms with E-state index in [1.807, 2.05) is 30.3 Å². The van der Waals surface area contributed by atoms with Gasteiger partial charge in [0.25, 0.3) is 0 Å². The maximum absolute atomic E-state index is 11.5. The minimum absolute atomic E-state index is 0.178. The van der Waals surface area contributed by atoms with Gasteiger partial charge in [-0.2, -0.15) is 5.10 Å². The average Bonchev–Trinajstić information content (AvgIpc) is 3.05. The van der Waals surface area contributed by atoms with Crippen molar-refractivity contribution in [3.8, 4) is 11.3 Å². The zero-order valence-electron chi connectivity index (χ0n) is 11.8. The molecule has 0 radical (unpaired) electrons. The lowest BCUT2D eigenvalue weighted by Gasteiger charge is -2.31. The molecule has 5 heteroatoms. The van der Waals surface area contributed by atoms with Crippen LogP contribution in [-0.2, 0) is 4.79 Å². The highest BCUT2D eigenvalue weighted by Gasteiger charge is 2.24. The van der Waals surface area contributed by atoms with Crippen LogP contribution in [-0.4, -0.2) is 45.8 Å². The van der Waals surface area contributed by atoms with Gasteiger partial charge in [-0.1, -0.05) is 30.3 Å². The van der Waals surface area contributed by atoms with Crippen molar-refractivity contribution >= 4 is 5.91 Å². The first-order valence-corrected chi connectivity index (χ1v) is 7.27. The molecule has 5 nitrogen and oxygen atoms in total. The zero-order chi connectivity index (χ0) is 14.7. The molecule has 110 valence electrons. The van der Waals surface area contributed by atoms with Gasteiger partial charge in [-0.15, -0.1) is 0 Å². The second kappa shape index (κ2) is 6.10. The Hall–Kier alpha value is -2.14. The molecule has 2 N–H and O–H groups in total. The van der Waals surface area contributed by atoms with Crippen LogP contribution >= 0.6 is 0 Å². The Morgan fingerprint density at radius 1 is 1.29 bits per heavy atom. The molecule has 1 aliphatic rings. The first-order chi connectivity index (χ1) is 10.3. The third-order valence-electron chi connectivity index (χ3n) is 4.09. The monoisotopic (exact) mass is 285 g/mol. The Bertz CT molecular complexity index is 601. The van der Waals surface area contributed by atoms with Gasteiger partial charge in [0.05, 0.1) is 5.69 Å². The lowest BCUT2D eigenvalue weighted by molar-refractivity contribution is -0.135. The average molecular weight is 285 g/mol. The number of aromatic amines is 1. The number of aliphatic hydroxyl groups excluding tert-OH is 1. The van der Waals surface area contributed by atoms with Gasteiger partial charge in [0.15, 0.2) is 0 Å². The summed E-state index contributed by atoms with van der Waals surface area (Å²) in [4.78, 5) is 13.2. The smallest absolute Gasteiger partial charge is 0.248 e. The summed E-state index contributed by atoms with van der Waals surface area (Å²) >= 11 is 0. The van der Waals surface area contributed by atoms with Crippen molar-refractivity contribution in [1.82, 2.24) is 15.1 Å². The van der Waals surface area contributed by atoms with E-state index in [1.54, 1.807) is 4.90 Å². The van der Waals surface area contributed by atoms with Crippen molar-refractivity contribution in [2.75, 3.05) is 19.7 Å². The van der Waals surface area contributed by atoms with Crippen LogP contribution in [0.3, 0.4) is 0 Å². The lowest BCUT2D eigenvalue weighted by Crippen LogP contribution is -2.39. The first-order valence-electron chi connectivity index (χ1n) is 7.27. The van der Waals surface area contributed by atoms with Gasteiger partial charge in [-0.3, -0.25) is 9.89 Å². The molecular weight excluding hydrogens is 266 g/mol. The van der Waals surface area contributed by atoms with Crippen molar-refractivity contribution in [3.63, 3.8) is 0 Å². The molecule has 1 aromatic carbocycles. The quantitative estimate of drug-likeness (QED) is 0.903. The molecular formula is C16H19N3O2. The number of carbonyl (C=O) groups excluding carboxylic acids is 1. The predicted octanol–water partition coefficient (Wildman–Crippen LogP) is 1.77. The Morgan fingerprint density at radius 2 is 2.00 bits per heavy atom. The van der Waals surface area contributed by atoms with Gasteiger partial charge in [0.2, 0.25) is 5.91 Å². The molecule has 1 aliphatic heterocycles. The van der Waals surface area contributed by atoms with E-state index in [2.05, 4.69) is 16.3 Å². The highest BCUT2D eigenvalue weighted by atomic mass is 16.3. The first kappa shape index (κ1) is 13.8. The standard InChI is InChI=1S/C16H19N3O2/c20-11-16(21)19-8-6-13(7-9-19)15-10-14(17-18-15)12-4-2-1-3-5-12/h1-5,10,13,20H,6-9,11H2,(H,17,18). The van der Waals surface area contributed by atoms with Gasteiger partial charge in [0, 0.05) is 30.3 Å². The number of piperidine rings is 1. The van der Waals surface area contributed by atoms with Gasteiger partial charge >= 0.3 is 0 Å². The largest absolute Gasteiger partial charge is 0.387 e. The number of benzene rings is 1. The molecule has 2 aromatic rings. The molecule has 2 heterocycles. The number of aliphatic hydroxyl groups is 1. The summed E-state index contributed by atoms with van der Waals surface area (Å²) in [5.74, 6) is 0.223. The summed E-state index contributed by atoms with van der Waals surface area (Å²) in [6.45, 7) is 1.00. The number of amides is 1. The molecule has 3 rings (SSSR count). The molecule has 1 saturated heterocycles. The predicted molar refractivity (Wildman–Crippen MR) is 79.7 cm³/mol. The number of aromatic nitrogens is 2. The number of nitrogens with zero attached hydrogens (tertiary/aromatic N) is 2. The van der Waals surface area contributed by atoms with Gasteiger partial charge in [-0.25, -0.2) is 0 Å². The van der Waals surface area contributed by atoms with E-state index in [-0.39, 0.29) is 5.91 Å². The molecule has 0 spiro atoms. The fraction of sp³-hybridized carbons (Fsp3) is 0.375. The SMILES string of the molecule is O=C(CO)N1CCC(c2cc(-c3ccccc3)n[nH]2)CC1. The van der Waals surface area contributed by atoms with Crippen LogP contribution in [0.25, 0.3) is 11.3 Å². The molecule has 1 amide bonds. The van der Waals surface area contributed by atoms with E-state index >= 15 is 0 Å². The minimum Gasteiger partial charge on any atom is -0.387 e. The van der Waals surface area contributed by atoms with Crippen molar-refractivity contribution in [2.45, 2.75) is 18.8 Å². The molecule has 1 aromatic heterocycles. The van der Waals surface area contributed by atoms with Crippen molar-refractivity contribution in [2.24, 2.45) is 0 Å². The maximum Gasteiger partial charge on any atom is 0.248 e. The second-order valence-electron chi connectivity index (χ2n) is 5.39. The Kier molecular flexibility index (Phi) is 4.01. The molecule has 0 bridgehead atoms. The van der Waals surface area contributed by atoms with Crippen LogP contribution in [0.5, 0.6) is 0 Å². The second-order valence-corrected chi connectivity index (χ2v) is 5.39. The van der Waals surface area contributed by atoms with E-state index in [1.165, 1.54) is 0 Å². The molecule has 21 heavy (non-hydrogen) atoms. The number of rotatable bonds is 3. The fourth-order valence-corrected chi connectivity index (χ4v) is 2.84. The van der Waals surface area contributed by atoms with Crippen LogP contribution in [0.1, 0.15) is 24.5 Å². The Morgan fingerprint density at radius 3 is 2.67 bits per heavy atom. The van der Waals surface area contributed by atoms with E-state index in [9.17, 15) is 4.79 Å². The summed E-state index contributed by atoms with van der Waals surface area (Å²) in [7, 11) is 0. The van der Waals surface area contributed by atoms with Crippen LogP contribution in [0.2, 0.25) is 0 Å². The fourth-order valence-electron chi connectivity index (χ4n) is 2.84. The van der Waals surface area contributed by atoms with E-state index < -0.39 is 6.61 Å². The summed E-state index contributed by atoms with van der Waals surface area (Å²) in [6.07, 6.45) is 1.81. The number of carbonyl (C=O) groups is 1. The Labute approximate surface area is 123 Å². The lowest BCUT2D eigenvalue weighted by atomic mass is 9.93. The number of nitrogens with one attached hydrogen (secondary N) is 1. The number of hydrogen-bond donors (Lipinski definition) is 2. The third kappa shape index (κ3) is 2.97. The normalized spacial score (nSPS) is 16.1. The molecule has 0 unspecified atom stereocenters. The van der Waals surface area contributed by atoms with Crippen molar-refractivity contribution in [3.05, 3.63) is 42.1 Å². The Balaban J connectivity index is 1.67. The molecule has 0 aliphatic carbocycles. The molecule has 0 saturated carbocycles. The van der Waals surface area contributed by atoms with Crippen LogP contribution < -0.4 is 0 Å². The summed E-state index contributed by atoms with van der Waals surface area (Å²) in [6, 6.07) is 12.2. The highest BCUT2D eigenvalue weighted by Crippen LogP contribution is 2.29. The minimum atomic E-state index is -0.396.